The molecule has 0 aromatic heterocycles. The van der Waals surface area contributed by atoms with Crippen LogP contribution in [-0.2, 0) is 16.2 Å². The molecule has 0 N–H and O–H groups in total. The van der Waals surface area contributed by atoms with E-state index in [1.165, 1.54) is 5.06 Å². The van der Waals surface area contributed by atoms with Crippen LogP contribution in [0, 0.1) is 5.92 Å². The van der Waals surface area contributed by atoms with Gasteiger partial charge in [0.1, 0.15) is 6.61 Å². The van der Waals surface area contributed by atoms with Gasteiger partial charge in [0.2, 0.25) is 0 Å². The van der Waals surface area contributed by atoms with Gasteiger partial charge in [-0.2, -0.15) is 5.06 Å². The second-order valence-corrected chi connectivity index (χ2v) is 5.10. The van der Waals surface area contributed by atoms with Crippen molar-refractivity contribution in [2.45, 2.75) is 13.5 Å². The molecular weight excluding hydrogens is 262 g/mol. The molecule has 1 amide bonds. The smallest absolute Gasteiger partial charge is 0.257 e. The van der Waals surface area contributed by atoms with E-state index in [2.05, 4.69) is 0 Å². The highest BCUT2D eigenvalue weighted by Gasteiger charge is 2.31. The van der Waals surface area contributed by atoms with Gasteiger partial charge in [-0.1, -0.05) is 60.7 Å². The van der Waals surface area contributed by atoms with Crippen molar-refractivity contribution in [1.29, 1.82) is 0 Å². The highest BCUT2D eigenvalue weighted by Crippen LogP contribution is 2.30. The van der Waals surface area contributed by atoms with E-state index >= 15 is 0 Å². The molecule has 1 atom stereocenters. The van der Waals surface area contributed by atoms with Crippen molar-refractivity contribution in [2.24, 2.45) is 5.92 Å². The number of carbonyl (C=O) groups excluding carboxylic acids is 1. The van der Waals surface area contributed by atoms with E-state index < -0.39 is 0 Å². The van der Waals surface area contributed by atoms with Crippen molar-refractivity contribution in [3.63, 3.8) is 0 Å². The average molecular weight is 279 g/mol. The number of benzene rings is 2. The van der Waals surface area contributed by atoms with Crippen LogP contribution >= 0.6 is 0 Å². The van der Waals surface area contributed by atoms with Crippen LogP contribution in [0.15, 0.2) is 66.7 Å². The minimum Gasteiger partial charge on any atom is -0.271 e. The SMILES string of the molecule is CC1C=C(c2ccccc2)N(OCc2ccccc2)C1=O. The Morgan fingerprint density at radius 3 is 2.29 bits per heavy atom. The second-order valence-electron chi connectivity index (χ2n) is 5.10. The summed E-state index contributed by atoms with van der Waals surface area (Å²) in [5, 5.41) is 1.42. The Labute approximate surface area is 124 Å². The van der Waals surface area contributed by atoms with E-state index in [1.54, 1.807) is 0 Å². The monoisotopic (exact) mass is 279 g/mol. The van der Waals surface area contributed by atoms with Crippen molar-refractivity contribution in [1.82, 2.24) is 5.06 Å². The maximum absolute atomic E-state index is 12.3. The van der Waals surface area contributed by atoms with E-state index in [9.17, 15) is 4.79 Å². The molecule has 1 aliphatic heterocycles. The van der Waals surface area contributed by atoms with E-state index in [1.807, 2.05) is 73.7 Å². The molecule has 2 aromatic rings. The zero-order chi connectivity index (χ0) is 14.7. The van der Waals surface area contributed by atoms with Gasteiger partial charge in [-0.15, -0.1) is 0 Å². The molecule has 0 radical (unpaired) electrons. The first-order valence-corrected chi connectivity index (χ1v) is 7.04. The molecule has 106 valence electrons. The van der Waals surface area contributed by atoms with Gasteiger partial charge in [-0.3, -0.25) is 9.63 Å². The fourth-order valence-corrected chi connectivity index (χ4v) is 2.35. The van der Waals surface area contributed by atoms with Gasteiger partial charge in [0.15, 0.2) is 0 Å². The molecule has 1 heterocycles. The zero-order valence-corrected chi connectivity index (χ0v) is 11.9. The van der Waals surface area contributed by atoms with Crippen molar-refractivity contribution >= 4 is 11.6 Å². The minimum atomic E-state index is -0.157. The molecule has 0 saturated heterocycles. The summed E-state index contributed by atoms with van der Waals surface area (Å²) in [5.74, 6) is -0.180. The van der Waals surface area contributed by atoms with Crippen LogP contribution in [0.4, 0.5) is 0 Å². The highest BCUT2D eigenvalue weighted by atomic mass is 16.7. The summed E-state index contributed by atoms with van der Waals surface area (Å²) >= 11 is 0. The van der Waals surface area contributed by atoms with Crippen LogP contribution in [0.1, 0.15) is 18.1 Å². The van der Waals surface area contributed by atoms with Crippen LogP contribution < -0.4 is 0 Å². The number of hydroxylamine groups is 2. The standard InChI is InChI=1S/C18H17NO2/c1-14-12-17(16-10-6-3-7-11-16)19(18(14)20)21-13-15-8-4-2-5-9-15/h2-12,14H,13H2,1H3. The Bertz CT molecular complexity index is 649. The van der Waals surface area contributed by atoms with Crippen LogP contribution in [0.5, 0.6) is 0 Å². The van der Waals surface area contributed by atoms with Gasteiger partial charge < -0.3 is 0 Å². The van der Waals surface area contributed by atoms with Crippen LogP contribution in [0.2, 0.25) is 0 Å². The lowest BCUT2D eigenvalue weighted by Crippen LogP contribution is -2.27. The lowest BCUT2D eigenvalue weighted by molar-refractivity contribution is -0.169. The Hall–Kier alpha value is -2.39. The van der Waals surface area contributed by atoms with E-state index in [0.29, 0.717) is 6.61 Å². The van der Waals surface area contributed by atoms with Gasteiger partial charge in [0.05, 0.1) is 11.6 Å². The molecule has 3 rings (SSSR count). The quantitative estimate of drug-likeness (QED) is 0.855. The first-order chi connectivity index (χ1) is 10.3. The third-order valence-electron chi connectivity index (χ3n) is 3.49. The Morgan fingerprint density at radius 1 is 1.00 bits per heavy atom. The van der Waals surface area contributed by atoms with Crippen LogP contribution in [0.3, 0.4) is 0 Å². The third-order valence-corrected chi connectivity index (χ3v) is 3.49. The van der Waals surface area contributed by atoms with Gasteiger partial charge in [-0.25, -0.2) is 0 Å². The lowest BCUT2D eigenvalue weighted by atomic mass is 10.1. The molecule has 0 aliphatic carbocycles. The number of carbonyl (C=O) groups is 1. The zero-order valence-electron chi connectivity index (χ0n) is 11.9. The first-order valence-electron chi connectivity index (χ1n) is 7.04. The molecule has 0 saturated carbocycles. The molecule has 3 heteroatoms. The summed E-state index contributed by atoms with van der Waals surface area (Å²) in [4.78, 5) is 18.0. The average Bonchev–Trinajstić information content (AvgIpc) is 2.82. The summed E-state index contributed by atoms with van der Waals surface area (Å²) < 4.78 is 0. The maximum atomic E-state index is 12.3. The molecule has 2 aromatic carbocycles. The van der Waals surface area contributed by atoms with Gasteiger partial charge >= 0.3 is 0 Å². The van der Waals surface area contributed by atoms with E-state index in [4.69, 9.17) is 4.84 Å². The molecule has 21 heavy (non-hydrogen) atoms. The Morgan fingerprint density at radius 2 is 1.62 bits per heavy atom. The molecule has 0 spiro atoms. The second kappa shape index (κ2) is 5.94. The summed E-state index contributed by atoms with van der Waals surface area (Å²) in [6, 6.07) is 19.7. The number of hydrogen-bond donors (Lipinski definition) is 0. The highest BCUT2D eigenvalue weighted by molar-refractivity contribution is 5.94. The maximum Gasteiger partial charge on any atom is 0.257 e. The van der Waals surface area contributed by atoms with Gasteiger partial charge in [-0.05, 0) is 18.6 Å². The topological polar surface area (TPSA) is 29.5 Å². The number of hydrogen-bond acceptors (Lipinski definition) is 2. The normalized spacial score (nSPS) is 18.0. The van der Waals surface area contributed by atoms with Crippen molar-refractivity contribution in [3.05, 3.63) is 77.9 Å². The molecule has 1 unspecified atom stereocenters. The fourth-order valence-electron chi connectivity index (χ4n) is 2.35. The van der Waals surface area contributed by atoms with Crippen molar-refractivity contribution in [2.75, 3.05) is 0 Å². The van der Waals surface area contributed by atoms with Gasteiger partial charge in [0.25, 0.3) is 5.91 Å². The first kappa shape index (κ1) is 13.6. The number of rotatable bonds is 4. The van der Waals surface area contributed by atoms with E-state index in [-0.39, 0.29) is 11.8 Å². The van der Waals surface area contributed by atoms with Crippen LogP contribution in [-0.4, -0.2) is 11.0 Å². The molecule has 0 fully saturated rings. The predicted octanol–water partition coefficient (Wildman–Crippen LogP) is 3.64. The van der Waals surface area contributed by atoms with Gasteiger partial charge in [0, 0.05) is 5.56 Å². The summed E-state index contributed by atoms with van der Waals surface area (Å²) in [5.41, 5.74) is 2.85. The summed E-state index contributed by atoms with van der Waals surface area (Å²) in [6.07, 6.45) is 1.95. The largest absolute Gasteiger partial charge is 0.271 e. The summed E-state index contributed by atoms with van der Waals surface area (Å²) in [6.45, 7) is 2.26. The molecule has 0 bridgehead atoms. The van der Waals surface area contributed by atoms with Crippen LogP contribution in [0.25, 0.3) is 5.70 Å². The van der Waals surface area contributed by atoms with Crippen molar-refractivity contribution < 1.29 is 9.63 Å². The molecule has 1 aliphatic rings. The van der Waals surface area contributed by atoms with E-state index in [0.717, 1.165) is 16.8 Å². The predicted molar refractivity (Wildman–Crippen MR) is 81.7 cm³/mol. The molecule has 3 nitrogen and oxygen atoms in total. The Balaban J connectivity index is 1.79. The third kappa shape index (κ3) is 2.88. The number of amides is 1. The molecular formula is C18H17NO2. The minimum absolute atomic E-state index is 0.0233. The Kier molecular flexibility index (Phi) is 3.84. The lowest BCUT2D eigenvalue weighted by Gasteiger charge is -2.20. The summed E-state index contributed by atoms with van der Waals surface area (Å²) in [7, 11) is 0. The van der Waals surface area contributed by atoms with Crippen molar-refractivity contribution in [3.8, 4) is 0 Å². The fraction of sp³-hybridized carbons (Fsp3) is 0.167. The number of nitrogens with zero attached hydrogens (tertiary/aromatic N) is 1.